The van der Waals surface area contributed by atoms with Gasteiger partial charge in [-0.1, -0.05) is 13.8 Å². The number of hydrogen-bond acceptors (Lipinski definition) is 6. The summed E-state index contributed by atoms with van der Waals surface area (Å²) >= 11 is 0. The van der Waals surface area contributed by atoms with Gasteiger partial charge in [0.25, 0.3) is 0 Å². The maximum Gasteiger partial charge on any atom is 0.184 e. The number of ether oxygens (including phenoxy) is 1. The quantitative estimate of drug-likeness (QED) is 0.336. The molecule has 0 radical (unpaired) electrons. The predicted octanol–water partition coefficient (Wildman–Crippen LogP) is -2.20. The van der Waals surface area contributed by atoms with Crippen LogP contribution in [0.3, 0.4) is 0 Å². The van der Waals surface area contributed by atoms with Gasteiger partial charge in [0.1, 0.15) is 24.4 Å². The molecule has 0 aromatic carbocycles. The molecular formula is C8H18O6. The van der Waals surface area contributed by atoms with E-state index in [1.54, 1.807) is 0 Å². The van der Waals surface area contributed by atoms with E-state index in [-0.39, 0.29) is 0 Å². The first-order valence-corrected chi connectivity index (χ1v) is 4.56. The van der Waals surface area contributed by atoms with E-state index in [1.165, 1.54) is 0 Å². The van der Waals surface area contributed by atoms with Gasteiger partial charge in [0.2, 0.25) is 0 Å². The average Bonchev–Trinajstić information content (AvgIpc) is 2.23. The molecule has 1 heterocycles. The van der Waals surface area contributed by atoms with Crippen LogP contribution in [0.1, 0.15) is 13.8 Å². The Labute approximate surface area is 82.4 Å². The lowest BCUT2D eigenvalue weighted by Crippen LogP contribution is -2.58. The molecule has 1 fully saturated rings. The second kappa shape index (κ2) is 6.28. The number of hydrogen-bond donors (Lipinski definition) is 5. The minimum absolute atomic E-state index is 0.526. The summed E-state index contributed by atoms with van der Waals surface area (Å²) in [6, 6.07) is 0. The van der Waals surface area contributed by atoms with Gasteiger partial charge >= 0.3 is 0 Å². The molecule has 1 aliphatic rings. The fraction of sp³-hybridized carbons (Fsp3) is 1.00. The topological polar surface area (TPSA) is 110 Å². The van der Waals surface area contributed by atoms with Crippen LogP contribution >= 0.6 is 0 Å². The van der Waals surface area contributed by atoms with Gasteiger partial charge in [0.15, 0.2) is 6.29 Å². The summed E-state index contributed by atoms with van der Waals surface area (Å²) < 4.78 is 4.58. The van der Waals surface area contributed by atoms with Gasteiger partial charge in [-0.15, -0.1) is 0 Å². The first-order chi connectivity index (χ1) is 6.57. The van der Waals surface area contributed by atoms with Crippen LogP contribution in [0.4, 0.5) is 0 Å². The van der Waals surface area contributed by atoms with Gasteiger partial charge in [-0.2, -0.15) is 0 Å². The van der Waals surface area contributed by atoms with Crippen LogP contribution in [0.15, 0.2) is 0 Å². The van der Waals surface area contributed by atoms with Gasteiger partial charge < -0.3 is 30.3 Å². The van der Waals surface area contributed by atoms with Crippen molar-refractivity contribution in [3.63, 3.8) is 0 Å². The molecule has 5 unspecified atom stereocenters. The van der Waals surface area contributed by atoms with Crippen LogP contribution < -0.4 is 0 Å². The van der Waals surface area contributed by atoms with Crippen molar-refractivity contribution in [1.29, 1.82) is 0 Å². The van der Waals surface area contributed by atoms with Crippen molar-refractivity contribution in [2.45, 2.75) is 44.6 Å². The zero-order valence-corrected chi connectivity index (χ0v) is 8.24. The summed E-state index contributed by atoms with van der Waals surface area (Å²) in [5.41, 5.74) is 0. The smallest absolute Gasteiger partial charge is 0.184 e. The van der Waals surface area contributed by atoms with Crippen LogP contribution in [0, 0.1) is 0 Å². The summed E-state index contributed by atoms with van der Waals surface area (Å²) in [6.07, 6.45) is -7.04. The second-order valence-electron chi connectivity index (χ2n) is 2.72. The highest BCUT2D eigenvalue weighted by Crippen LogP contribution is 2.18. The maximum absolute atomic E-state index is 9.12. The first kappa shape index (κ1) is 13.8. The van der Waals surface area contributed by atoms with Crippen molar-refractivity contribution < 1.29 is 30.3 Å². The molecule has 1 aliphatic heterocycles. The second-order valence-corrected chi connectivity index (χ2v) is 2.72. The molecule has 1 saturated heterocycles. The molecule has 14 heavy (non-hydrogen) atoms. The molecule has 0 amide bonds. The molecule has 86 valence electrons. The standard InChI is InChI=1S/C6H12O6.C2H6/c7-1-2-3(8)4(9)5(10)6(11)12-2;1-2/h2-11H,1H2;1-2H3. The summed E-state index contributed by atoms with van der Waals surface area (Å²) in [6.45, 7) is 3.47. The molecule has 6 nitrogen and oxygen atoms in total. The van der Waals surface area contributed by atoms with Crippen molar-refractivity contribution in [2.75, 3.05) is 6.61 Å². The molecule has 0 aromatic rings. The lowest BCUT2D eigenvalue weighted by atomic mass is 10.00. The number of aliphatic hydroxyl groups is 5. The van der Waals surface area contributed by atoms with Crippen LogP contribution in [-0.2, 0) is 4.74 Å². The van der Waals surface area contributed by atoms with Crippen molar-refractivity contribution in [3.8, 4) is 0 Å². The Morgan fingerprint density at radius 2 is 1.43 bits per heavy atom. The molecular weight excluding hydrogens is 192 g/mol. The Morgan fingerprint density at radius 3 is 1.86 bits per heavy atom. The fourth-order valence-electron chi connectivity index (χ4n) is 1.08. The normalized spacial score (nSPS) is 42.6. The zero-order chi connectivity index (χ0) is 11.3. The van der Waals surface area contributed by atoms with Gasteiger partial charge in [0, 0.05) is 0 Å². The molecule has 0 bridgehead atoms. The third-order valence-corrected chi connectivity index (χ3v) is 1.87. The molecule has 0 aliphatic carbocycles. The Bertz CT molecular complexity index is 148. The van der Waals surface area contributed by atoms with Gasteiger partial charge in [-0.25, -0.2) is 0 Å². The van der Waals surface area contributed by atoms with E-state index in [2.05, 4.69) is 4.74 Å². The predicted molar refractivity (Wildman–Crippen MR) is 47.3 cm³/mol. The Hall–Kier alpha value is -0.240. The van der Waals surface area contributed by atoms with E-state index in [1.807, 2.05) is 13.8 Å². The van der Waals surface area contributed by atoms with Crippen molar-refractivity contribution in [1.82, 2.24) is 0 Å². The first-order valence-electron chi connectivity index (χ1n) is 4.56. The Kier molecular flexibility index (Phi) is 6.17. The van der Waals surface area contributed by atoms with E-state index in [9.17, 15) is 0 Å². The van der Waals surface area contributed by atoms with Crippen molar-refractivity contribution >= 4 is 0 Å². The molecule has 0 aromatic heterocycles. The van der Waals surface area contributed by atoms with Gasteiger partial charge in [0.05, 0.1) is 6.61 Å². The zero-order valence-electron chi connectivity index (χ0n) is 8.24. The lowest BCUT2D eigenvalue weighted by molar-refractivity contribution is -0.286. The molecule has 0 saturated carbocycles. The highest BCUT2D eigenvalue weighted by atomic mass is 16.6. The van der Waals surface area contributed by atoms with E-state index in [0.717, 1.165) is 0 Å². The minimum Gasteiger partial charge on any atom is -0.394 e. The van der Waals surface area contributed by atoms with Crippen molar-refractivity contribution in [3.05, 3.63) is 0 Å². The van der Waals surface area contributed by atoms with Gasteiger partial charge in [-0.05, 0) is 0 Å². The highest BCUT2D eigenvalue weighted by Gasteiger charge is 2.42. The van der Waals surface area contributed by atoms with Crippen LogP contribution in [-0.4, -0.2) is 62.8 Å². The average molecular weight is 210 g/mol. The monoisotopic (exact) mass is 210 g/mol. The summed E-state index contributed by atoms with van der Waals surface area (Å²) in [5.74, 6) is 0. The molecule has 1 rings (SSSR count). The summed E-state index contributed by atoms with van der Waals surface area (Å²) in [4.78, 5) is 0. The van der Waals surface area contributed by atoms with E-state index < -0.39 is 37.3 Å². The third kappa shape index (κ3) is 2.88. The van der Waals surface area contributed by atoms with Crippen LogP contribution in [0.2, 0.25) is 0 Å². The van der Waals surface area contributed by atoms with E-state index in [0.29, 0.717) is 0 Å². The SMILES string of the molecule is CC.OCC1OC(O)C(O)C(O)C1O. The Morgan fingerprint density at radius 1 is 0.929 bits per heavy atom. The van der Waals surface area contributed by atoms with Gasteiger partial charge in [-0.3, -0.25) is 0 Å². The van der Waals surface area contributed by atoms with Crippen molar-refractivity contribution in [2.24, 2.45) is 0 Å². The molecule has 0 spiro atoms. The lowest BCUT2D eigenvalue weighted by Gasteiger charge is -2.37. The summed E-state index contributed by atoms with van der Waals surface area (Å²) in [7, 11) is 0. The van der Waals surface area contributed by atoms with Crippen LogP contribution in [0.5, 0.6) is 0 Å². The Balaban J connectivity index is 0.000000791. The fourth-order valence-corrected chi connectivity index (χ4v) is 1.08. The largest absolute Gasteiger partial charge is 0.394 e. The number of aliphatic hydroxyl groups excluding tert-OH is 5. The molecule has 5 atom stereocenters. The molecule has 5 N–H and O–H groups in total. The maximum atomic E-state index is 9.12. The third-order valence-electron chi connectivity index (χ3n) is 1.87. The number of rotatable bonds is 1. The van der Waals surface area contributed by atoms with Crippen LogP contribution in [0.25, 0.3) is 0 Å². The minimum atomic E-state index is -1.57. The van der Waals surface area contributed by atoms with E-state index in [4.69, 9.17) is 25.5 Å². The van der Waals surface area contributed by atoms with E-state index >= 15 is 0 Å². The molecule has 6 heteroatoms. The highest BCUT2D eigenvalue weighted by molar-refractivity contribution is 4.87. The summed E-state index contributed by atoms with van der Waals surface area (Å²) in [5, 5.41) is 44.7.